The molecule has 0 aliphatic heterocycles. The molecule has 0 saturated heterocycles. The summed E-state index contributed by atoms with van der Waals surface area (Å²) in [6, 6.07) is 2.77. The van der Waals surface area contributed by atoms with Crippen molar-refractivity contribution in [3.05, 3.63) is 22.2 Å². The van der Waals surface area contributed by atoms with Crippen LogP contribution in [0.4, 0.5) is 0 Å². The van der Waals surface area contributed by atoms with Crippen molar-refractivity contribution in [2.75, 3.05) is 0 Å². The van der Waals surface area contributed by atoms with Crippen LogP contribution in [0.2, 0.25) is 10.0 Å². The third-order valence-corrected chi connectivity index (χ3v) is 2.34. The van der Waals surface area contributed by atoms with Crippen LogP contribution in [0.3, 0.4) is 0 Å². The molecule has 4 heteroatoms. The zero-order valence-corrected chi connectivity index (χ0v) is 7.21. The quantitative estimate of drug-likeness (QED) is 0.609. The second kappa shape index (κ2) is 2.91. The monoisotopic (exact) mass is 194 g/mol. The van der Waals surface area contributed by atoms with Gasteiger partial charge in [-0.25, -0.2) is 0 Å². The Labute approximate surface area is 74.0 Å². The molecule has 0 fully saturated rings. The summed E-state index contributed by atoms with van der Waals surface area (Å²) in [5.41, 5.74) is 0. The smallest absolute Gasteiger partial charge is 0.118 e. The van der Waals surface area contributed by atoms with Gasteiger partial charge in [0.2, 0.25) is 0 Å². The van der Waals surface area contributed by atoms with E-state index in [0.717, 1.165) is 0 Å². The number of phenols is 1. The molecule has 0 amide bonds. The van der Waals surface area contributed by atoms with E-state index in [1.165, 1.54) is 12.1 Å². The van der Waals surface area contributed by atoms with Gasteiger partial charge in [-0.2, -0.15) is 0 Å². The lowest BCUT2D eigenvalue weighted by Gasteiger charge is -1.99. The van der Waals surface area contributed by atoms with Crippen LogP contribution >= 0.6 is 35.8 Å². The van der Waals surface area contributed by atoms with Gasteiger partial charge in [-0.3, -0.25) is 0 Å². The van der Waals surface area contributed by atoms with Crippen LogP contribution in [0.15, 0.2) is 17.0 Å². The minimum atomic E-state index is 0.0489. The Hall–Kier alpha value is -0.0500. The Morgan fingerprint density at radius 1 is 1.20 bits per heavy atom. The van der Waals surface area contributed by atoms with Crippen LogP contribution in [0.1, 0.15) is 0 Å². The van der Waals surface area contributed by atoms with E-state index in [1.54, 1.807) is 0 Å². The number of halogens is 2. The van der Waals surface area contributed by atoms with E-state index >= 15 is 0 Å². The second-order valence-electron chi connectivity index (χ2n) is 1.76. The zero-order valence-electron chi connectivity index (χ0n) is 4.81. The predicted octanol–water partition coefficient (Wildman–Crippen LogP) is 2.99. The van der Waals surface area contributed by atoms with Crippen molar-refractivity contribution in [2.45, 2.75) is 4.90 Å². The molecule has 0 spiro atoms. The summed E-state index contributed by atoms with van der Waals surface area (Å²) >= 11 is 15.2. The van der Waals surface area contributed by atoms with E-state index in [4.69, 9.17) is 28.3 Å². The first kappa shape index (κ1) is 8.05. The average molecular weight is 195 g/mol. The Kier molecular flexibility index (Phi) is 2.34. The maximum absolute atomic E-state index is 8.92. The first-order valence-electron chi connectivity index (χ1n) is 2.48. The highest BCUT2D eigenvalue weighted by atomic mass is 35.5. The van der Waals surface area contributed by atoms with E-state index in [1.807, 2.05) is 0 Å². The molecule has 0 aromatic heterocycles. The molecule has 1 nitrogen and oxygen atoms in total. The molecular formula is C6H4Cl2OS. The van der Waals surface area contributed by atoms with Crippen molar-refractivity contribution in [2.24, 2.45) is 0 Å². The molecule has 0 heterocycles. The zero-order chi connectivity index (χ0) is 7.72. The van der Waals surface area contributed by atoms with Crippen molar-refractivity contribution in [3.8, 4) is 5.75 Å². The third kappa shape index (κ3) is 1.51. The molecule has 1 aromatic rings. The summed E-state index contributed by atoms with van der Waals surface area (Å²) in [6.07, 6.45) is 0. The summed E-state index contributed by atoms with van der Waals surface area (Å²) in [5, 5.41) is 9.63. The van der Waals surface area contributed by atoms with Crippen molar-refractivity contribution in [1.82, 2.24) is 0 Å². The summed E-state index contributed by atoms with van der Waals surface area (Å²) in [7, 11) is 0. The largest absolute Gasteiger partial charge is 0.508 e. The molecule has 1 N–H and O–H groups in total. The molecule has 0 atom stereocenters. The Morgan fingerprint density at radius 2 is 1.60 bits per heavy atom. The third-order valence-electron chi connectivity index (χ3n) is 1.00. The van der Waals surface area contributed by atoms with Gasteiger partial charge in [0.15, 0.2) is 0 Å². The van der Waals surface area contributed by atoms with Gasteiger partial charge in [0, 0.05) is 4.90 Å². The van der Waals surface area contributed by atoms with E-state index in [0.29, 0.717) is 14.9 Å². The Balaban J connectivity index is 3.31. The lowest BCUT2D eigenvalue weighted by atomic mass is 10.3. The lowest BCUT2D eigenvalue weighted by Crippen LogP contribution is -1.72. The fraction of sp³-hybridized carbons (Fsp3) is 0. The maximum Gasteiger partial charge on any atom is 0.118 e. The Morgan fingerprint density at radius 3 is 2.00 bits per heavy atom. The van der Waals surface area contributed by atoms with Gasteiger partial charge in [-0.1, -0.05) is 23.2 Å². The molecule has 0 radical (unpaired) electrons. The molecule has 1 aromatic carbocycles. The van der Waals surface area contributed by atoms with Crippen LogP contribution in [-0.2, 0) is 0 Å². The normalized spacial score (nSPS) is 9.90. The minimum absolute atomic E-state index is 0.0489. The fourth-order valence-electron chi connectivity index (χ4n) is 0.552. The van der Waals surface area contributed by atoms with Crippen molar-refractivity contribution in [3.63, 3.8) is 0 Å². The topological polar surface area (TPSA) is 20.2 Å². The van der Waals surface area contributed by atoms with Crippen molar-refractivity contribution >= 4 is 35.8 Å². The Bertz CT molecular complexity index is 239. The van der Waals surface area contributed by atoms with Crippen molar-refractivity contribution < 1.29 is 5.11 Å². The number of aromatic hydroxyl groups is 1. The minimum Gasteiger partial charge on any atom is -0.508 e. The molecule has 1 rings (SSSR count). The fourth-order valence-corrected chi connectivity index (χ4v) is 1.16. The second-order valence-corrected chi connectivity index (χ2v) is 3.02. The highest BCUT2D eigenvalue weighted by Crippen LogP contribution is 2.31. The van der Waals surface area contributed by atoms with Gasteiger partial charge in [-0.05, 0) is 12.1 Å². The van der Waals surface area contributed by atoms with E-state index in [9.17, 15) is 0 Å². The highest BCUT2D eigenvalue weighted by Gasteiger charge is 2.02. The molecule has 0 aliphatic rings. The molecule has 0 unspecified atom stereocenters. The lowest BCUT2D eigenvalue weighted by molar-refractivity contribution is 0.475. The van der Waals surface area contributed by atoms with Gasteiger partial charge in [0.05, 0.1) is 10.0 Å². The number of benzene rings is 1. The van der Waals surface area contributed by atoms with Crippen LogP contribution in [0.25, 0.3) is 0 Å². The molecule has 0 bridgehead atoms. The van der Waals surface area contributed by atoms with Gasteiger partial charge in [0.1, 0.15) is 5.75 Å². The molecule has 0 saturated carbocycles. The van der Waals surface area contributed by atoms with E-state index in [2.05, 4.69) is 12.6 Å². The first-order valence-corrected chi connectivity index (χ1v) is 3.68. The van der Waals surface area contributed by atoms with Crippen LogP contribution in [0.5, 0.6) is 5.75 Å². The molecular weight excluding hydrogens is 191 g/mol. The highest BCUT2D eigenvalue weighted by molar-refractivity contribution is 7.80. The maximum atomic E-state index is 8.92. The summed E-state index contributed by atoms with van der Waals surface area (Å²) in [5.74, 6) is 0.0489. The first-order chi connectivity index (χ1) is 4.61. The van der Waals surface area contributed by atoms with Gasteiger partial charge < -0.3 is 5.11 Å². The van der Waals surface area contributed by atoms with E-state index < -0.39 is 0 Å². The number of hydrogen-bond acceptors (Lipinski definition) is 2. The van der Waals surface area contributed by atoms with Crippen molar-refractivity contribution in [1.29, 1.82) is 0 Å². The number of hydrogen-bond donors (Lipinski definition) is 2. The molecule has 0 aliphatic carbocycles. The van der Waals surface area contributed by atoms with Crippen LogP contribution in [0, 0.1) is 0 Å². The molecule has 54 valence electrons. The standard InChI is InChI=1S/C6H4Cl2OS/c7-4-1-3(9)2-5(8)6(4)10/h1-2,9-10H. The van der Waals surface area contributed by atoms with Crippen LogP contribution < -0.4 is 0 Å². The summed E-state index contributed by atoms with van der Waals surface area (Å²) in [4.78, 5) is 0.487. The average Bonchev–Trinajstić information content (AvgIpc) is 1.82. The summed E-state index contributed by atoms with van der Waals surface area (Å²) in [6.45, 7) is 0. The number of thiol groups is 1. The van der Waals surface area contributed by atoms with Gasteiger partial charge in [0.25, 0.3) is 0 Å². The summed E-state index contributed by atoms with van der Waals surface area (Å²) < 4.78 is 0. The SMILES string of the molecule is Oc1cc(Cl)c(S)c(Cl)c1. The van der Waals surface area contributed by atoms with Gasteiger partial charge in [-0.15, -0.1) is 12.6 Å². The molecule has 10 heavy (non-hydrogen) atoms. The van der Waals surface area contributed by atoms with E-state index in [-0.39, 0.29) is 5.75 Å². The number of phenolic OH excluding ortho intramolecular Hbond substituents is 1. The number of rotatable bonds is 0. The predicted molar refractivity (Wildman–Crippen MR) is 45.4 cm³/mol. The van der Waals surface area contributed by atoms with Crippen LogP contribution in [-0.4, -0.2) is 5.11 Å². The van der Waals surface area contributed by atoms with Gasteiger partial charge >= 0.3 is 0 Å².